The molecule has 1 N–H and O–H groups in total. The van der Waals surface area contributed by atoms with Crippen molar-refractivity contribution in [1.29, 1.82) is 0 Å². The molecule has 1 aliphatic heterocycles. The Bertz CT molecular complexity index is 814. The van der Waals surface area contributed by atoms with E-state index in [2.05, 4.69) is 24.1 Å². The number of imidazole rings is 1. The summed E-state index contributed by atoms with van der Waals surface area (Å²) in [6.45, 7) is 5.93. The van der Waals surface area contributed by atoms with Crippen molar-refractivity contribution in [3.8, 4) is 0 Å². The molecule has 1 aromatic carbocycles. The maximum atomic E-state index is 13.2. The van der Waals surface area contributed by atoms with Gasteiger partial charge in [0.2, 0.25) is 10.0 Å². The molecule has 2 aromatic rings. The SMILES string of the molecule is CCC(C)c1ccc(S(=O)(=O)N2CCNCC2c2nccn2C)cc1. The molecule has 0 amide bonds. The van der Waals surface area contributed by atoms with Gasteiger partial charge in [0.05, 0.1) is 10.9 Å². The zero-order chi connectivity index (χ0) is 18.0. The predicted octanol–water partition coefficient (Wildman–Crippen LogP) is 2.27. The molecule has 0 spiro atoms. The highest BCUT2D eigenvalue weighted by molar-refractivity contribution is 7.89. The normalized spacial score (nSPS) is 20.5. The zero-order valence-corrected chi connectivity index (χ0v) is 15.8. The highest BCUT2D eigenvalue weighted by Crippen LogP contribution is 2.29. The van der Waals surface area contributed by atoms with Gasteiger partial charge in [0, 0.05) is 39.1 Å². The fourth-order valence-electron chi connectivity index (χ4n) is 3.23. The maximum absolute atomic E-state index is 13.2. The number of aromatic nitrogens is 2. The van der Waals surface area contributed by atoms with E-state index in [1.165, 1.54) is 5.56 Å². The minimum absolute atomic E-state index is 0.298. The van der Waals surface area contributed by atoms with Crippen molar-refractivity contribution >= 4 is 10.0 Å². The first-order valence-corrected chi connectivity index (χ1v) is 10.2. The Hall–Kier alpha value is -1.70. The van der Waals surface area contributed by atoms with Crippen molar-refractivity contribution in [2.24, 2.45) is 7.05 Å². The molecule has 2 unspecified atom stereocenters. The summed E-state index contributed by atoms with van der Waals surface area (Å²) in [7, 11) is -1.67. The molecule has 0 radical (unpaired) electrons. The molecule has 1 fully saturated rings. The molecular weight excluding hydrogens is 336 g/mol. The summed E-state index contributed by atoms with van der Waals surface area (Å²) >= 11 is 0. The Labute approximate surface area is 149 Å². The van der Waals surface area contributed by atoms with Crippen molar-refractivity contribution in [1.82, 2.24) is 19.2 Å². The largest absolute Gasteiger partial charge is 0.337 e. The van der Waals surface area contributed by atoms with E-state index >= 15 is 0 Å². The number of nitrogens with zero attached hydrogens (tertiary/aromatic N) is 3. The van der Waals surface area contributed by atoms with E-state index in [9.17, 15) is 8.42 Å². The van der Waals surface area contributed by atoms with Crippen molar-refractivity contribution < 1.29 is 8.42 Å². The van der Waals surface area contributed by atoms with Gasteiger partial charge in [-0.25, -0.2) is 13.4 Å². The predicted molar refractivity (Wildman–Crippen MR) is 97.9 cm³/mol. The van der Waals surface area contributed by atoms with Crippen LogP contribution >= 0.6 is 0 Å². The summed E-state index contributed by atoms with van der Waals surface area (Å²) in [6.07, 6.45) is 4.58. The first kappa shape index (κ1) is 18.1. The average Bonchev–Trinajstić information content (AvgIpc) is 3.07. The third kappa shape index (κ3) is 3.49. The summed E-state index contributed by atoms with van der Waals surface area (Å²) < 4.78 is 29.9. The van der Waals surface area contributed by atoms with E-state index in [0.717, 1.165) is 12.2 Å². The van der Waals surface area contributed by atoms with Crippen molar-refractivity contribution in [3.63, 3.8) is 0 Å². The topological polar surface area (TPSA) is 67.2 Å². The Balaban J connectivity index is 1.93. The number of nitrogens with one attached hydrogen (secondary N) is 1. The van der Waals surface area contributed by atoms with Gasteiger partial charge in [-0.15, -0.1) is 0 Å². The lowest BCUT2D eigenvalue weighted by atomic mass is 9.99. The van der Waals surface area contributed by atoms with Crippen LogP contribution in [-0.4, -0.2) is 41.9 Å². The van der Waals surface area contributed by atoms with E-state index in [-0.39, 0.29) is 6.04 Å². The Morgan fingerprint density at radius 2 is 2.04 bits per heavy atom. The zero-order valence-electron chi connectivity index (χ0n) is 15.0. The second-order valence-electron chi connectivity index (χ2n) is 6.61. The number of hydrogen-bond acceptors (Lipinski definition) is 4. The van der Waals surface area contributed by atoms with Crippen LogP contribution in [0.4, 0.5) is 0 Å². The summed E-state index contributed by atoms with van der Waals surface area (Å²) in [5.74, 6) is 1.18. The molecule has 0 bridgehead atoms. The molecule has 1 aliphatic rings. The van der Waals surface area contributed by atoms with Gasteiger partial charge in [-0.1, -0.05) is 26.0 Å². The van der Waals surface area contributed by atoms with Gasteiger partial charge in [-0.05, 0) is 30.0 Å². The van der Waals surface area contributed by atoms with Gasteiger partial charge in [0.15, 0.2) is 0 Å². The van der Waals surface area contributed by atoms with E-state index in [1.54, 1.807) is 22.6 Å². The smallest absolute Gasteiger partial charge is 0.243 e. The monoisotopic (exact) mass is 362 g/mol. The minimum Gasteiger partial charge on any atom is -0.337 e. The van der Waals surface area contributed by atoms with Crippen molar-refractivity contribution in [3.05, 3.63) is 48.0 Å². The molecule has 0 saturated carbocycles. The first-order chi connectivity index (χ1) is 11.9. The van der Waals surface area contributed by atoms with Crippen molar-refractivity contribution in [2.45, 2.75) is 37.1 Å². The molecule has 0 aliphatic carbocycles. The van der Waals surface area contributed by atoms with Crippen LogP contribution in [0, 0.1) is 0 Å². The lowest BCUT2D eigenvalue weighted by Gasteiger charge is -2.34. The molecule has 25 heavy (non-hydrogen) atoms. The Morgan fingerprint density at radius 1 is 1.32 bits per heavy atom. The third-order valence-corrected chi connectivity index (χ3v) is 6.94. The Kier molecular flexibility index (Phi) is 5.27. The second kappa shape index (κ2) is 7.27. The van der Waals surface area contributed by atoms with Gasteiger partial charge in [-0.2, -0.15) is 4.31 Å². The third-order valence-electron chi connectivity index (χ3n) is 5.02. The van der Waals surface area contributed by atoms with Crippen LogP contribution in [0.2, 0.25) is 0 Å². The maximum Gasteiger partial charge on any atom is 0.243 e. The van der Waals surface area contributed by atoms with Crippen LogP contribution in [0.1, 0.15) is 43.6 Å². The average molecular weight is 362 g/mol. The van der Waals surface area contributed by atoms with Crippen LogP contribution < -0.4 is 5.32 Å². The first-order valence-electron chi connectivity index (χ1n) is 8.75. The van der Waals surface area contributed by atoms with Gasteiger partial charge in [0.25, 0.3) is 0 Å². The standard InChI is InChI=1S/C18H26N4O2S/c1-4-14(2)15-5-7-16(8-6-15)25(23,24)22-12-9-19-13-17(22)18-20-10-11-21(18)3/h5-8,10-11,14,17,19H,4,9,12-13H2,1-3H3. The molecule has 7 heteroatoms. The molecule has 2 heterocycles. The van der Waals surface area contributed by atoms with Crippen LogP contribution in [0.5, 0.6) is 0 Å². The summed E-state index contributed by atoms with van der Waals surface area (Å²) in [5, 5.41) is 3.28. The highest BCUT2D eigenvalue weighted by Gasteiger charge is 2.36. The number of hydrogen-bond donors (Lipinski definition) is 1. The quantitative estimate of drug-likeness (QED) is 0.886. The Morgan fingerprint density at radius 3 is 2.64 bits per heavy atom. The number of sulfonamides is 1. The van der Waals surface area contributed by atoms with Crippen molar-refractivity contribution in [2.75, 3.05) is 19.6 Å². The summed E-state index contributed by atoms with van der Waals surface area (Å²) in [4.78, 5) is 4.71. The lowest BCUT2D eigenvalue weighted by molar-refractivity contribution is 0.258. The number of rotatable bonds is 5. The molecule has 2 atom stereocenters. The molecule has 136 valence electrons. The van der Waals surface area contributed by atoms with E-state index in [1.807, 2.05) is 29.9 Å². The fourth-order valence-corrected chi connectivity index (χ4v) is 4.82. The molecule has 1 aromatic heterocycles. The molecular formula is C18H26N4O2S. The second-order valence-corrected chi connectivity index (χ2v) is 8.50. The minimum atomic E-state index is -3.56. The van der Waals surface area contributed by atoms with Crippen LogP contribution in [-0.2, 0) is 17.1 Å². The van der Waals surface area contributed by atoms with E-state index in [4.69, 9.17) is 0 Å². The van der Waals surface area contributed by atoms with Gasteiger partial charge in [0.1, 0.15) is 5.82 Å². The molecule has 3 rings (SSSR count). The lowest BCUT2D eigenvalue weighted by Crippen LogP contribution is -2.49. The highest BCUT2D eigenvalue weighted by atomic mass is 32.2. The van der Waals surface area contributed by atoms with Gasteiger partial charge >= 0.3 is 0 Å². The number of piperazine rings is 1. The van der Waals surface area contributed by atoms with Crippen LogP contribution in [0.15, 0.2) is 41.6 Å². The molecule has 1 saturated heterocycles. The van der Waals surface area contributed by atoms with Crippen LogP contribution in [0.3, 0.4) is 0 Å². The summed E-state index contributed by atoms with van der Waals surface area (Å²) in [6, 6.07) is 7.02. The summed E-state index contributed by atoms with van der Waals surface area (Å²) in [5.41, 5.74) is 1.17. The van der Waals surface area contributed by atoms with E-state index in [0.29, 0.717) is 30.4 Å². The fraction of sp³-hybridized carbons (Fsp3) is 0.500. The van der Waals surface area contributed by atoms with Gasteiger partial charge < -0.3 is 9.88 Å². The number of aryl methyl sites for hydroxylation is 1. The molecule has 6 nitrogen and oxygen atoms in total. The van der Waals surface area contributed by atoms with E-state index < -0.39 is 10.0 Å². The van der Waals surface area contributed by atoms with Gasteiger partial charge in [-0.3, -0.25) is 0 Å². The van der Waals surface area contributed by atoms with Crippen LogP contribution in [0.25, 0.3) is 0 Å². The number of benzene rings is 1.